The number of hydrogen-bond acceptors (Lipinski definition) is 7. The number of ketones is 1. The van der Waals surface area contributed by atoms with Gasteiger partial charge in [0.1, 0.15) is 23.9 Å². The number of anilines is 1. The molecule has 13 nitrogen and oxygen atoms in total. The minimum absolute atomic E-state index is 0.237. The lowest BCUT2D eigenvalue weighted by Gasteiger charge is -2.38. The monoisotopic (exact) mass is 774 g/mol. The number of benzene rings is 1. The van der Waals surface area contributed by atoms with Gasteiger partial charge in [0, 0.05) is 32.7 Å². The van der Waals surface area contributed by atoms with Crippen molar-refractivity contribution in [2.24, 2.45) is 23.0 Å². The van der Waals surface area contributed by atoms with Crippen LogP contribution in [0.1, 0.15) is 114 Å². The molecule has 0 spiro atoms. The summed E-state index contributed by atoms with van der Waals surface area (Å²) < 4.78 is 14.2. The second kappa shape index (κ2) is 22.4. The Morgan fingerprint density at radius 2 is 1.45 bits per heavy atom. The third-order valence-corrected chi connectivity index (χ3v) is 9.74. The molecule has 1 aromatic carbocycles. The van der Waals surface area contributed by atoms with Crippen LogP contribution in [0, 0.1) is 23.1 Å². The molecule has 5 N–H and O–H groups in total. The van der Waals surface area contributed by atoms with Crippen molar-refractivity contribution in [3.8, 4) is 0 Å². The van der Waals surface area contributed by atoms with E-state index >= 15 is 0 Å². The van der Waals surface area contributed by atoms with Crippen LogP contribution in [0.25, 0.3) is 0 Å². The van der Waals surface area contributed by atoms with Gasteiger partial charge in [-0.1, -0.05) is 99.6 Å². The average Bonchev–Trinajstić information content (AvgIpc) is 3.80. The Morgan fingerprint density at radius 1 is 0.855 bits per heavy atom. The first-order valence-electron chi connectivity index (χ1n) is 20.2. The van der Waals surface area contributed by atoms with E-state index in [1.165, 1.54) is 30.2 Å². The Hall–Kier alpha value is -4.23. The van der Waals surface area contributed by atoms with Gasteiger partial charge in [0.25, 0.3) is 5.91 Å². The first-order valence-corrected chi connectivity index (χ1v) is 20.2. The van der Waals surface area contributed by atoms with Crippen LogP contribution >= 0.6 is 0 Å². The topological polar surface area (TPSA) is 174 Å². The summed E-state index contributed by atoms with van der Waals surface area (Å²) in [6, 6.07) is 1.90. The molecule has 1 saturated carbocycles. The Labute approximate surface area is 328 Å². The number of hydrogen-bond donors (Lipinski definition) is 4. The molecule has 6 amide bonds. The molecule has 3 unspecified atom stereocenters. The zero-order chi connectivity index (χ0) is 41.5. The molecule has 0 bridgehead atoms. The highest BCUT2D eigenvalue weighted by Gasteiger charge is 2.43. The van der Waals surface area contributed by atoms with E-state index in [1.54, 1.807) is 50.8 Å². The van der Waals surface area contributed by atoms with Crippen molar-refractivity contribution in [3.63, 3.8) is 0 Å². The van der Waals surface area contributed by atoms with Gasteiger partial charge >= 0.3 is 6.03 Å². The lowest BCUT2D eigenvalue weighted by Crippen LogP contribution is -2.61. The summed E-state index contributed by atoms with van der Waals surface area (Å²) in [4.78, 5) is 82.3. The van der Waals surface area contributed by atoms with Gasteiger partial charge in [0.15, 0.2) is 0 Å². The molecule has 2 aliphatic heterocycles. The minimum atomic E-state index is -1.12. The summed E-state index contributed by atoms with van der Waals surface area (Å²) in [6.07, 6.45) is 6.99. The maximum atomic E-state index is 14.2. The van der Waals surface area contributed by atoms with E-state index in [-0.39, 0.29) is 24.2 Å². The Kier molecular flexibility index (Phi) is 19.1. The van der Waals surface area contributed by atoms with Gasteiger partial charge in [0.2, 0.25) is 23.5 Å². The number of nitrogens with one attached hydrogen (secondary N) is 3. The van der Waals surface area contributed by atoms with Crippen molar-refractivity contribution in [2.45, 2.75) is 138 Å². The van der Waals surface area contributed by atoms with Gasteiger partial charge in [-0.25, -0.2) is 9.18 Å². The van der Waals surface area contributed by atoms with Gasteiger partial charge in [-0.3, -0.25) is 24.0 Å². The molecule has 0 radical (unpaired) electrons. The number of halogens is 1. The normalized spacial score (nSPS) is 18.5. The van der Waals surface area contributed by atoms with Crippen LogP contribution < -0.4 is 26.6 Å². The maximum Gasteiger partial charge on any atom is 0.316 e. The molecule has 3 aliphatic rings. The number of Topliss-reactive ketones (excluding diaryl/α,β-unsaturated/α-hetero) is 1. The molecule has 1 aliphatic carbocycles. The largest absolute Gasteiger partial charge is 0.366 e. The predicted molar refractivity (Wildman–Crippen MR) is 213 cm³/mol. The van der Waals surface area contributed by atoms with Crippen molar-refractivity contribution in [1.82, 2.24) is 25.8 Å². The van der Waals surface area contributed by atoms with E-state index in [4.69, 9.17) is 5.73 Å². The number of nitrogens with zero attached hydrogens (tertiary/aromatic N) is 3. The van der Waals surface area contributed by atoms with Crippen LogP contribution in [-0.2, 0) is 24.0 Å². The van der Waals surface area contributed by atoms with Gasteiger partial charge in [-0.2, -0.15) is 0 Å². The number of likely N-dealkylation sites (tertiary alicyclic amines) is 1. The molecule has 2 heterocycles. The predicted octanol–water partition coefficient (Wildman–Crippen LogP) is 4.77. The highest BCUT2D eigenvalue weighted by molar-refractivity contribution is 6.37. The summed E-state index contributed by atoms with van der Waals surface area (Å²) in [5.74, 6) is -2.49. The maximum absolute atomic E-state index is 14.2. The number of urea groups is 1. The fourth-order valence-electron chi connectivity index (χ4n) is 6.63. The van der Waals surface area contributed by atoms with Gasteiger partial charge in [-0.15, -0.1) is 0 Å². The Morgan fingerprint density at radius 3 is 1.95 bits per heavy atom. The minimum Gasteiger partial charge on any atom is -0.366 e. The highest BCUT2D eigenvalue weighted by atomic mass is 19.1. The van der Waals surface area contributed by atoms with Gasteiger partial charge in [-0.05, 0) is 55.6 Å². The molecule has 14 heteroatoms. The van der Waals surface area contributed by atoms with E-state index in [0.717, 1.165) is 18.8 Å². The zero-order valence-electron chi connectivity index (χ0n) is 34.7. The van der Waals surface area contributed by atoms with Crippen molar-refractivity contribution in [1.29, 1.82) is 0 Å². The first-order chi connectivity index (χ1) is 25.9. The van der Waals surface area contributed by atoms with Crippen LogP contribution in [0.15, 0.2) is 24.3 Å². The number of rotatable bonds is 13. The van der Waals surface area contributed by atoms with E-state index in [0.29, 0.717) is 51.1 Å². The summed E-state index contributed by atoms with van der Waals surface area (Å²) >= 11 is 0. The molecule has 3 fully saturated rings. The number of carbonyl (C=O) groups is 6. The SMILES string of the molecule is CC(NC(=O)N[C@H](C(=O)N1CCCC1C(=O)NC(CC1CC1)C(=O)C(N)=O)C(C)(C)C)C(=O)N1CCN(c2ccccc2F)CC1.CCC.CCCC(C)C. The first kappa shape index (κ1) is 46.9. The van der Waals surface area contributed by atoms with Crippen LogP contribution in [0.5, 0.6) is 0 Å². The van der Waals surface area contributed by atoms with Crippen LogP contribution in [0.2, 0.25) is 0 Å². The smallest absolute Gasteiger partial charge is 0.316 e. The quantitative estimate of drug-likeness (QED) is 0.209. The molecule has 4 atom stereocenters. The lowest BCUT2D eigenvalue weighted by atomic mass is 9.85. The zero-order valence-corrected chi connectivity index (χ0v) is 34.7. The van der Waals surface area contributed by atoms with E-state index in [1.807, 2.05) is 4.90 Å². The molecule has 310 valence electrons. The van der Waals surface area contributed by atoms with Crippen molar-refractivity contribution >= 4 is 41.1 Å². The molecular weight excluding hydrogens is 705 g/mol. The van der Waals surface area contributed by atoms with Crippen LogP contribution in [0.3, 0.4) is 0 Å². The van der Waals surface area contributed by atoms with Gasteiger partial charge < -0.3 is 36.4 Å². The van der Waals surface area contributed by atoms with E-state index in [2.05, 4.69) is 50.6 Å². The number of nitrogens with two attached hydrogens (primary N) is 1. The lowest BCUT2D eigenvalue weighted by molar-refractivity contribution is -0.143. The molecule has 4 rings (SSSR count). The fraction of sp³-hybridized carbons (Fsp3) is 0.707. The van der Waals surface area contributed by atoms with E-state index in [9.17, 15) is 33.2 Å². The Balaban J connectivity index is 0.00000104. The van der Waals surface area contributed by atoms with Crippen LogP contribution in [-0.4, -0.2) is 102 Å². The van der Waals surface area contributed by atoms with Crippen molar-refractivity contribution in [2.75, 3.05) is 37.6 Å². The average molecular weight is 774 g/mol. The third kappa shape index (κ3) is 15.1. The molecule has 55 heavy (non-hydrogen) atoms. The standard InChI is InChI=1S/C32H46FN7O6.C6H14.C3H8/c1-19(29(44)39-16-14-38(15-17-39)23-9-6-5-8-21(23)33)35-31(46)37-26(32(2,3)4)30(45)40-13-7-10-24(40)28(43)36-22(18-20-11-12-20)25(41)27(34)42;1-4-5-6(2)3;1-3-2/h5-6,8-9,19-20,22,24,26H,7,10-18H2,1-4H3,(H2,34,42)(H,36,43)(H2,35,37,46);6H,4-5H2,1-3H3;3H2,1-2H3/t19?,22?,24?,26-;;/m1../s1. The number of amides is 6. The molecular formula is C41H68FN7O6. The molecule has 2 saturated heterocycles. The third-order valence-electron chi connectivity index (χ3n) is 9.74. The van der Waals surface area contributed by atoms with Crippen molar-refractivity contribution < 1.29 is 33.2 Å². The summed E-state index contributed by atoms with van der Waals surface area (Å²) in [5.41, 5.74) is 4.93. The summed E-state index contributed by atoms with van der Waals surface area (Å²) in [7, 11) is 0. The van der Waals surface area contributed by atoms with Crippen molar-refractivity contribution in [3.05, 3.63) is 30.1 Å². The summed E-state index contributed by atoms with van der Waals surface area (Å²) in [6.45, 7) is 19.7. The fourth-order valence-corrected chi connectivity index (χ4v) is 6.63. The Bertz CT molecular complexity index is 1440. The molecule has 0 aromatic heterocycles. The second-order valence-corrected chi connectivity index (χ2v) is 16.5. The number of primary amides is 1. The van der Waals surface area contributed by atoms with Gasteiger partial charge in [0.05, 0.1) is 11.7 Å². The number of piperazine rings is 1. The number of carbonyl (C=O) groups excluding carboxylic acids is 6. The highest BCUT2D eigenvalue weighted by Crippen LogP contribution is 2.34. The molecule has 1 aromatic rings. The van der Waals surface area contributed by atoms with Crippen LogP contribution in [0.4, 0.5) is 14.9 Å². The van der Waals surface area contributed by atoms with E-state index < -0.39 is 59.1 Å². The summed E-state index contributed by atoms with van der Waals surface area (Å²) in [5, 5.41) is 8.01. The second-order valence-electron chi connectivity index (χ2n) is 16.5. The number of para-hydroxylation sites is 1.